The van der Waals surface area contributed by atoms with Gasteiger partial charge >= 0.3 is 0 Å². The number of ether oxygens (including phenoxy) is 2. The molecule has 0 fully saturated rings. The lowest BCUT2D eigenvalue weighted by Crippen LogP contribution is -2.38. The average molecular weight is 253 g/mol. The molecular weight excluding hydrogens is 230 g/mol. The SMILES string of the molecule is CCCOc1cccnc1N(C)CC(N)COC. The Morgan fingerprint density at radius 1 is 1.50 bits per heavy atom. The first kappa shape index (κ1) is 14.7. The predicted molar refractivity (Wildman–Crippen MR) is 73.1 cm³/mol. The van der Waals surface area contributed by atoms with E-state index in [4.69, 9.17) is 15.2 Å². The molecule has 1 rings (SSSR count). The van der Waals surface area contributed by atoms with Crippen molar-refractivity contribution in [3.8, 4) is 5.75 Å². The van der Waals surface area contributed by atoms with Gasteiger partial charge in [0.15, 0.2) is 11.6 Å². The van der Waals surface area contributed by atoms with Crippen LogP contribution < -0.4 is 15.4 Å². The van der Waals surface area contributed by atoms with Crippen LogP contribution in [-0.2, 0) is 4.74 Å². The molecule has 0 spiro atoms. The highest BCUT2D eigenvalue weighted by Gasteiger charge is 2.12. The third-order valence-electron chi connectivity index (χ3n) is 2.46. The highest BCUT2D eigenvalue weighted by molar-refractivity contribution is 5.51. The van der Waals surface area contributed by atoms with Gasteiger partial charge in [-0.15, -0.1) is 0 Å². The van der Waals surface area contributed by atoms with E-state index in [1.807, 2.05) is 24.1 Å². The van der Waals surface area contributed by atoms with Crippen LogP contribution in [-0.4, -0.2) is 44.9 Å². The lowest BCUT2D eigenvalue weighted by molar-refractivity contribution is 0.181. The topological polar surface area (TPSA) is 60.6 Å². The highest BCUT2D eigenvalue weighted by atomic mass is 16.5. The number of pyridine rings is 1. The first-order chi connectivity index (χ1) is 8.69. The molecule has 0 radical (unpaired) electrons. The summed E-state index contributed by atoms with van der Waals surface area (Å²) in [6, 6.07) is 3.76. The lowest BCUT2D eigenvalue weighted by Gasteiger charge is -2.23. The third kappa shape index (κ3) is 4.50. The molecule has 2 N–H and O–H groups in total. The maximum Gasteiger partial charge on any atom is 0.171 e. The van der Waals surface area contributed by atoms with Gasteiger partial charge in [0.05, 0.1) is 13.2 Å². The number of methoxy groups -OCH3 is 1. The van der Waals surface area contributed by atoms with Gasteiger partial charge in [0.1, 0.15) is 0 Å². The summed E-state index contributed by atoms with van der Waals surface area (Å²) in [6.45, 7) is 3.97. The van der Waals surface area contributed by atoms with Crippen molar-refractivity contribution < 1.29 is 9.47 Å². The summed E-state index contributed by atoms with van der Waals surface area (Å²) < 4.78 is 10.7. The summed E-state index contributed by atoms with van der Waals surface area (Å²) in [7, 11) is 3.60. The molecule has 0 bridgehead atoms. The number of hydrogen-bond donors (Lipinski definition) is 1. The van der Waals surface area contributed by atoms with Crippen molar-refractivity contribution >= 4 is 5.82 Å². The smallest absolute Gasteiger partial charge is 0.171 e. The van der Waals surface area contributed by atoms with E-state index >= 15 is 0 Å². The van der Waals surface area contributed by atoms with Gasteiger partial charge in [0.2, 0.25) is 0 Å². The molecule has 1 atom stereocenters. The molecule has 0 aliphatic heterocycles. The van der Waals surface area contributed by atoms with Gasteiger partial charge in [-0.2, -0.15) is 0 Å². The fourth-order valence-electron chi connectivity index (χ4n) is 1.70. The van der Waals surface area contributed by atoms with Gasteiger partial charge in [-0.1, -0.05) is 6.92 Å². The van der Waals surface area contributed by atoms with E-state index in [2.05, 4.69) is 11.9 Å². The molecule has 1 unspecified atom stereocenters. The van der Waals surface area contributed by atoms with Crippen LogP contribution in [0.15, 0.2) is 18.3 Å². The van der Waals surface area contributed by atoms with E-state index in [1.54, 1.807) is 13.3 Å². The van der Waals surface area contributed by atoms with Gasteiger partial charge < -0.3 is 20.1 Å². The van der Waals surface area contributed by atoms with Crippen molar-refractivity contribution in [1.29, 1.82) is 0 Å². The minimum Gasteiger partial charge on any atom is -0.490 e. The van der Waals surface area contributed by atoms with E-state index in [9.17, 15) is 0 Å². The van der Waals surface area contributed by atoms with Gasteiger partial charge in [0, 0.05) is 32.9 Å². The zero-order valence-corrected chi connectivity index (χ0v) is 11.4. The predicted octanol–water partition coefficient (Wildman–Crippen LogP) is 1.28. The van der Waals surface area contributed by atoms with Crippen molar-refractivity contribution in [3.63, 3.8) is 0 Å². The van der Waals surface area contributed by atoms with Gasteiger partial charge in [-0.3, -0.25) is 0 Å². The van der Waals surface area contributed by atoms with Crippen LogP contribution in [0.25, 0.3) is 0 Å². The van der Waals surface area contributed by atoms with E-state index in [-0.39, 0.29) is 6.04 Å². The Bertz CT molecular complexity index is 347. The number of nitrogens with two attached hydrogens (primary N) is 1. The summed E-state index contributed by atoms with van der Waals surface area (Å²) in [4.78, 5) is 6.34. The normalized spacial score (nSPS) is 12.2. The van der Waals surface area contributed by atoms with Gasteiger partial charge in [0.25, 0.3) is 0 Å². The maximum absolute atomic E-state index is 5.94. The third-order valence-corrected chi connectivity index (χ3v) is 2.46. The Hall–Kier alpha value is -1.33. The molecule has 0 saturated heterocycles. The molecule has 0 aliphatic carbocycles. The number of nitrogens with zero attached hydrogens (tertiary/aromatic N) is 2. The molecular formula is C13H23N3O2. The molecule has 1 heterocycles. The van der Waals surface area contributed by atoms with E-state index < -0.39 is 0 Å². The summed E-state index contributed by atoms with van der Waals surface area (Å²) in [5.74, 6) is 1.61. The first-order valence-electron chi connectivity index (χ1n) is 6.22. The Morgan fingerprint density at radius 2 is 2.28 bits per heavy atom. The van der Waals surface area contributed by atoms with Crippen LogP contribution in [0.4, 0.5) is 5.82 Å². The zero-order valence-electron chi connectivity index (χ0n) is 11.4. The second kappa shape index (κ2) is 7.89. The average Bonchev–Trinajstić information content (AvgIpc) is 2.36. The van der Waals surface area contributed by atoms with Crippen molar-refractivity contribution in [3.05, 3.63) is 18.3 Å². The van der Waals surface area contributed by atoms with Crippen LogP contribution in [0.3, 0.4) is 0 Å². The quantitative estimate of drug-likeness (QED) is 0.756. The number of aromatic nitrogens is 1. The summed E-state index contributed by atoms with van der Waals surface area (Å²) in [6.07, 6.45) is 2.73. The molecule has 1 aromatic heterocycles. The Kier molecular flexibility index (Phi) is 6.46. The summed E-state index contributed by atoms with van der Waals surface area (Å²) >= 11 is 0. The van der Waals surface area contributed by atoms with E-state index in [0.29, 0.717) is 19.8 Å². The van der Waals surface area contributed by atoms with Gasteiger partial charge in [-0.05, 0) is 18.6 Å². The fraction of sp³-hybridized carbons (Fsp3) is 0.615. The number of likely N-dealkylation sites (N-methyl/N-ethyl adjacent to an activating group) is 1. The summed E-state index contributed by atoms with van der Waals surface area (Å²) in [5.41, 5.74) is 5.94. The highest BCUT2D eigenvalue weighted by Crippen LogP contribution is 2.24. The van der Waals surface area contributed by atoms with Gasteiger partial charge in [-0.25, -0.2) is 4.98 Å². The van der Waals surface area contributed by atoms with Crippen LogP contribution in [0.1, 0.15) is 13.3 Å². The van der Waals surface area contributed by atoms with Crippen molar-refractivity contribution in [2.24, 2.45) is 5.73 Å². The first-order valence-corrected chi connectivity index (χ1v) is 6.22. The Morgan fingerprint density at radius 3 is 2.94 bits per heavy atom. The van der Waals surface area contributed by atoms with Crippen molar-refractivity contribution in [2.75, 3.05) is 38.8 Å². The molecule has 0 amide bonds. The van der Waals surface area contributed by atoms with Crippen molar-refractivity contribution in [2.45, 2.75) is 19.4 Å². The molecule has 5 heteroatoms. The second-order valence-electron chi connectivity index (χ2n) is 4.27. The monoisotopic (exact) mass is 253 g/mol. The molecule has 1 aromatic rings. The number of hydrogen-bond acceptors (Lipinski definition) is 5. The molecule has 102 valence electrons. The minimum atomic E-state index is -0.0407. The van der Waals surface area contributed by atoms with E-state index in [0.717, 1.165) is 18.0 Å². The van der Waals surface area contributed by atoms with Crippen LogP contribution in [0.5, 0.6) is 5.75 Å². The van der Waals surface area contributed by atoms with Crippen LogP contribution in [0, 0.1) is 0 Å². The standard InChI is InChI=1S/C13H23N3O2/c1-4-8-18-12-6-5-7-15-13(12)16(2)9-11(14)10-17-3/h5-7,11H,4,8-10,14H2,1-3H3. The largest absolute Gasteiger partial charge is 0.490 e. The molecule has 5 nitrogen and oxygen atoms in total. The maximum atomic E-state index is 5.94. The summed E-state index contributed by atoms with van der Waals surface area (Å²) in [5, 5.41) is 0. The Balaban J connectivity index is 2.68. The number of anilines is 1. The number of rotatable bonds is 8. The zero-order chi connectivity index (χ0) is 13.4. The fourth-order valence-corrected chi connectivity index (χ4v) is 1.70. The Labute approximate surface area is 109 Å². The van der Waals surface area contributed by atoms with Crippen LogP contribution >= 0.6 is 0 Å². The molecule has 18 heavy (non-hydrogen) atoms. The molecule has 0 aliphatic rings. The molecule has 0 saturated carbocycles. The van der Waals surface area contributed by atoms with Crippen LogP contribution in [0.2, 0.25) is 0 Å². The second-order valence-corrected chi connectivity index (χ2v) is 4.27. The van der Waals surface area contributed by atoms with E-state index in [1.165, 1.54) is 0 Å². The lowest BCUT2D eigenvalue weighted by atomic mass is 10.3. The van der Waals surface area contributed by atoms with Crippen molar-refractivity contribution in [1.82, 2.24) is 4.98 Å². The molecule has 0 aromatic carbocycles. The minimum absolute atomic E-state index is 0.0407.